The molecule has 0 saturated carbocycles. The van der Waals surface area contributed by atoms with E-state index in [0.29, 0.717) is 4.48 Å². The van der Waals surface area contributed by atoms with Crippen molar-refractivity contribution in [3.8, 4) is 0 Å². The lowest BCUT2D eigenvalue weighted by Gasteiger charge is -2.34. The second-order valence-corrected chi connectivity index (χ2v) is 3.62. The standard InChI is InChI=1S/C7H15NO3/c1-5(8(2,3)4)6(9)7(10)11/h5-6,9H,1-4H3. The third kappa shape index (κ3) is 2.86. The van der Waals surface area contributed by atoms with Gasteiger partial charge in [-0.25, -0.2) is 0 Å². The highest BCUT2D eigenvalue weighted by Gasteiger charge is 2.27. The number of likely N-dealkylation sites (N-methyl/N-ethyl adjacent to an activating group) is 1. The number of carbonyl (C=O) groups is 1. The van der Waals surface area contributed by atoms with Crippen LogP contribution in [0, 0.1) is 0 Å². The summed E-state index contributed by atoms with van der Waals surface area (Å²) < 4.78 is 0.398. The molecule has 0 aliphatic heterocycles. The molecule has 11 heavy (non-hydrogen) atoms. The molecule has 0 aliphatic rings. The van der Waals surface area contributed by atoms with E-state index in [-0.39, 0.29) is 6.04 Å². The Labute approximate surface area is 66.6 Å². The van der Waals surface area contributed by atoms with E-state index in [1.807, 2.05) is 21.1 Å². The molecule has 66 valence electrons. The molecule has 1 N–H and O–H groups in total. The molecule has 0 heterocycles. The average molecular weight is 161 g/mol. The van der Waals surface area contributed by atoms with Crippen LogP contribution in [0.15, 0.2) is 0 Å². The average Bonchev–Trinajstić information content (AvgIpc) is 1.82. The van der Waals surface area contributed by atoms with Crippen molar-refractivity contribution in [2.75, 3.05) is 21.1 Å². The lowest BCUT2D eigenvalue weighted by Crippen LogP contribution is -2.55. The fourth-order valence-corrected chi connectivity index (χ4v) is 0.621. The summed E-state index contributed by atoms with van der Waals surface area (Å²) in [6.45, 7) is 1.67. The molecule has 2 unspecified atom stereocenters. The van der Waals surface area contributed by atoms with Gasteiger partial charge in [-0.15, -0.1) is 0 Å². The van der Waals surface area contributed by atoms with Crippen LogP contribution < -0.4 is 5.11 Å². The number of carboxylic acid groups (broad SMARTS) is 1. The van der Waals surface area contributed by atoms with Crippen molar-refractivity contribution in [2.24, 2.45) is 0 Å². The Kier molecular flexibility index (Phi) is 3.02. The fourth-order valence-electron chi connectivity index (χ4n) is 0.621. The molecule has 0 saturated heterocycles. The third-order valence-corrected chi connectivity index (χ3v) is 1.92. The number of nitrogens with zero attached hydrogens (tertiary/aromatic N) is 1. The number of aliphatic hydroxyl groups is 1. The summed E-state index contributed by atoms with van der Waals surface area (Å²) in [7, 11) is 5.45. The molecule has 4 heteroatoms. The monoisotopic (exact) mass is 161 g/mol. The maximum absolute atomic E-state index is 10.2. The molecule has 0 aromatic carbocycles. The largest absolute Gasteiger partial charge is 0.547 e. The van der Waals surface area contributed by atoms with Crippen LogP contribution in [0.1, 0.15) is 6.92 Å². The number of aliphatic hydroxyl groups excluding tert-OH is 1. The number of rotatable bonds is 3. The zero-order valence-corrected chi connectivity index (χ0v) is 7.37. The highest BCUT2D eigenvalue weighted by molar-refractivity contribution is 5.70. The van der Waals surface area contributed by atoms with Gasteiger partial charge in [0.1, 0.15) is 12.1 Å². The molecule has 0 amide bonds. The van der Waals surface area contributed by atoms with Crippen molar-refractivity contribution in [2.45, 2.75) is 19.1 Å². The van der Waals surface area contributed by atoms with E-state index in [1.54, 1.807) is 6.92 Å². The minimum Gasteiger partial charge on any atom is -0.547 e. The summed E-state index contributed by atoms with van der Waals surface area (Å²) in [5, 5.41) is 19.3. The van der Waals surface area contributed by atoms with Crippen molar-refractivity contribution >= 4 is 5.97 Å². The summed E-state index contributed by atoms with van der Waals surface area (Å²) in [6.07, 6.45) is -1.39. The topological polar surface area (TPSA) is 60.4 Å². The molecule has 0 aromatic rings. The first-order chi connectivity index (χ1) is 4.76. The van der Waals surface area contributed by atoms with Crippen molar-refractivity contribution in [3.05, 3.63) is 0 Å². The number of quaternary nitrogens is 1. The van der Waals surface area contributed by atoms with Crippen molar-refractivity contribution < 1.29 is 19.5 Å². The van der Waals surface area contributed by atoms with Gasteiger partial charge in [0.25, 0.3) is 0 Å². The number of carboxylic acids is 1. The van der Waals surface area contributed by atoms with Crippen molar-refractivity contribution in [1.29, 1.82) is 0 Å². The lowest BCUT2D eigenvalue weighted by molar-refractivity contribution is -0.896. The Morgan fingerprint density at radius 3 is 1.91 bits per heavy atom. The number of hydrogen-bond acceptors (Lipinski definition) is 3. The number of carbonyl (C=O) groups excluding carboxylic acids is 1. The van der Waals surface area contributed by atoms with Gasteiger partial charge in [-0.2, -0.15) is 0 Å². The van der Waals surface area contributed by atoms with Gasteiger partial charge >= 0.3 is 0 Å². The second-order valence-electron chi connectivity index (χ2n) is 3.62. The molecule has 0 fully saturated rings. The first kappa shape index (κ1) is 10.4. The normalized spacial score (nSPS) is 17.5. The van der Waals surface area contributed by atoms with Gasteiger partial charge in [0.2, 0.25) is 0 Å². The maximum Gasteiger partial charge on any atom is 0.145 e. The molecule has 0 rings (SSSR count). The van der Waals surface area contributed by atoms with Crippen LogP contribution in [0.2, 0.25) is 0 Å². The Morgan fingerprint density at radius 2 is 1.82 bits per heavy atom. The SMILES string of the molecule is CC(C(O)C(=O)[O-])[N+](C)(C)C. The quantitative estimate of drug-likeness (QED) is 0.496. The van der Waals surface area contributed by atoms with E-state index in [4.69, 9.17) is 5.11 Å². The van der Waals surface area contributed by atoms with Gasteiger partial charge in [-0.3, -0.25) is 0 Å². The highest BCUT2D eigenvalue weighted by Crippen LogP contribution is 2.06. The van der Waals surface area contributed by atoms with Gasteiger partial charge in [-0.05, 0) is 6.92 Å². The molecule has 0 aliphatic carbocycles. The third-order valence-electron chi connectivity index (χ3n) is 1.92. The molecule has 4 nitrogen and oxygen atoms in total. The van der Waals surface area contributed by atoms with E-state index < -0.39 is 12.1 Å². The summed E-state index contributed by atoms with van der Waals surface area (Å²) in [5.41, 5.74) is 0. The van der Waals surface area contributed by atoms with Crippen molar-refractivity contribution in [1.82, 2.24) is 0 Å². The predicted octanol–water partition coefficient (Wildman–Crippen LogP) is -1.81. The fraction of sp³-hybridized carbons (Fsp3) is 0.857. The van der Waals surface area contributed by atoms with Crippen LogP contribution in [-0.2, 0) is 4.79 Å². The Morgan fingerprint density at radius 1 is 1.45 bits per heavy atom. The molecule has 0 bridgehead atoms. The van der Waals surface area contributed by atoms with Gasteiger partial charge in [0, 0.05) is 0 Å². The van der Waals surface area contributed by atoms with E-state index in [2.05, 4.69) is 0 Å². The van der Waals surface area contributed by atoms with Crippen LogP contribution in [0.4, 0.5) is 0 Å². The molecule has 0 spiro atoms. The van der Waals surface area contributed by atoms with E-state index in [9.17, 15) is 9.90 Å². The van der Waals surface area contributed by atoms with Crippen LogP contribution >= 0.6 is 0 Å². The number of hydrogen-bond donors (Lipinski definition) is 1. The maximum atomic E-state index is 10.2. The minimum atomic E-state index is -1.41. The van der Waals surface area contributed by atoms with Gasteiger partial charge in [0.15, 0.2) is 0 Å². The molecular weight excluding hydrogens is 146 g/mol. The van der Waals surface area contributed by atoms with E-state index in [0.717, 1.165) is 0 Å². The summed E-state index contributed by atoms with van der Waals surface area (Å²) >= 11 is 0. The Balaban J connectivity index is 4.25. The van der Waals surface area contributed by atoms with Crippen LogP contribution in [-0.4, -0.2) is 48.8 Å². The smallest absolute Gasteiger partial charge is 0.145 e. The zero-order chi connectivity index (χ0) is 9.23. The van der Waals surface area contributed by atoms with Gasteiger partial charge in [-0.1, -0.05) is 0 Å². The molecular formula is C7H15NO3. The summed E-state index contributed by atoms with van der Waals surface area (Å²) in [4.78, 5) is 10.2. The minimum absolute atomic E-state index is 0.361. The molecule has 0 radical (unpaired) electrons. The Hall–Kier alpha value is -0.610. The first-order valence-electron chi connectivity index (χ1n) is 3.47. The van der Waals surface area contributed by atoms with Crippen molar-refractivity contribution in [3.63, 3.8) is 0 Å². The van der Waals surface area contributed by atoms with E-state index >= 15 is 0 Å². The summed E-state index contributed by atoms with van der Waals surface area (Å²) in [5.74, 6) is -1.41. The van der Waals surface area contributed by atoms with Gasteiger partial charge in [0.05, 0.1) is 27.1 Å². The van der Waals surface area contributed by atoms with Crippen LogP contribution in [0.5, 0.6) is 0 Å². The predicted molar refractivity (Wildman–Crippen MR) is 38.5 cm³/mol. The second kappa shape index (κ2) is 3.19. The first-order valence-corrected chi connectivity index (χ1v) is 3.47. The zero-order valence-electron chi connectivity index (χ0n) is 7.37. The number of aliphatic carboxylic acids is 1. The molecule has 2 atom stereocenters. The Bertz CT molecular complexity index is 150. The van der Waals surface area contributed by atoms with Gasteiger partial charge < -0.3 is 19.5 Å². The van der Waals surface area contributed by atoms with Crippen LogP contribution in [0.3, 0.4) is 0 Å². The van der Waals surface area contributed by atoms with E-state index in [1.165, 1.54) is 0 Å². The molecule has 0 aromatic heterocycles. The van der Waals surface area contributed by atoms with Crippen LogP contribution in [0.25, 0.3) is 0 Å². The highest BCUT2D eigenvalue weighted by atomic mass is 16.4. The summed E-state index contributed by atoms with van der Waals surface area (Å²) in [6, 6.07) is -0.361. The lowest BCUT2D eigenvalue weighted by atomic mass is 10.1.